The van der Waals surface area contributed by atoms with Crippen LogP contribution in [0.1, 0.15) is 13.8 Å². The zero-order valence-electron chi connectivity index (χ0n) is 11.3. The summed E-state index contributed by atoms with van der Waals surface area (Å²) < 4.78 is 23.6. The molecule has 0 aromatic rings. The van der Waals surface area contributed by atoms with Crippen LogP contribution in [0.3, 0.4) is 0 Å². The zero-order valence-corrected chi connectivity index (χ0v) is 13.8. The van der Waals surface area contributed by atoms with E-state index in [1.807, 2.05) is 13.8 Å². The van der Waals surface area contributed by atoms with Gasteiger partial charge in [0.1, 0.15) is 5.37 Å². The Labute approximate surface area is 124 Å². The van der Waals surface area contributed by atoms with Crippen molar-refractivity contribution in [2.45, 2.75) is 19.2 Å². The maximum atomic E-state index is 12.5. The van der Waals surface area contributed by atoms with Gasteiger partial charge in [0.2, 0.25) is 5.91 Å². The number of nitrogens with zero attached hydrogens (tertiary/aromatic N) is 1. The summed E-state index contributed by atoms with van der Waals surface area (Å²) in [4.78, 5) is 14.1. The van der Waals surface area contributed by atoms with Crippen LogP contribution in [0.5, 0.6) is 0 Å². The van der Waals surface area contributed by atoms with Crippen LogP contribution in [0.25, 0.3) is 0 Å². The molecule has 2 unspecified atom stereocenters. The second kappa shape index (κ2) is 6.41. The van der Waals surface area contributed by atoms with Gasteiger partial charge in [-0.2, -0.15) is 11.8 Å². The maximum Gasteiger partial charge on any atom is 0.233 e. The molecule has 1 aliphatic rings. The van der Waals surface area contributed by atoms with Gasteiger partial charge in [-0.25, -0.2) is 8.42 Å². The number of hydrogen-bond acceptors (Lipinski definition) is 5. The molecule has 1 fully saturated rings. The number of hydrogen-bond donors (Lipinski definition) is 1. The minimum atomic E-state index is -3.30. The van der Waals surface area contributed by atoms with E-state index in [0.717, 1.165) is 12.0 Å². The molecule has 5 nitrogen and oxygen atoms in total. The Morgan fingerprint density at radius 3 is 2.47 bits per heavy atom. The van der Waals surface area contributed by atoms with Gasteiger partial charge in [-0.05, 0) is 5.92 Å². The van der Waals surface area contributed by atoms with Crippen molar-refractivity contribution in [3.63, 3.8) is 0 Å². The van der Waals surface area contributed by atoms with E-state index >= 15 is 0 Å². The number of amides is 1. The molecule has 1 heterocycles. The molecule has 1 amide bonds. The number of carbonyl (C=O) groups excluding carboxylic acids is 1. The minimum Gasteiger partial charge on any atom is -0.393 e. The van der Waals surface area contributed by atoms with Crippen LogP contribution in [0.2, 0.25) is 0 Å². The number of carbonyl (C=O) groups is 1. The normalized spacial score (nSPS) is 22.3. The number of sulfone groups is 1. The van der Waals surface area contributed by atoms with Crippen LogP contribution in [-0.2, 0) is 14.6 Å². The van der Waals surface area contributed by atoms with E-state index in [0.29, 0.717) is 12.3 Å². The van der Waals surface area contributed by atoms with E-state index in [1.165, 1.54) is 4.90 Å². The molecule has 1 saturated heterocycles. The molecule has 0 radical (unpaired) electrons. The Balaban J connectivity index is 3.03. The van der Waals surface area contributed by atoms with Gasteiger partial charge >= 0.3 is 0 Å². The highest BCUT2D eigenvalue weighted by atomic mass is 32.2. The first-order valence-corrected chi connectivity index (χ1v) is 9.54. The SMILES string of the molecule is CC(C)C(C(=O)N1CCSCC1S(C)(=O)=O)C(N)=S. The predicted octanol–water partition coefficient (Wildman–Crippen LogP) is 0.491. The average molecular weight is 324 g/mol. The average Bonchev–Trinajstić information content (AvgIpc) is 2.26. The van der Waals surface area contributed by atoms with Crippen molar-refractivity contribution in [3.8, 4) is 0 Å². The number of thioether (sulfide) groups is 1. The van der Waals surface area contributed by atoms with Crippen LogP contribution < -0.4 is 5.73 Å². The third kappa shape index (κ3) is 4.06. The lowest BCUT2D eigenvalue weighted by atomic mass is 9.94. The molecular weight excluding hydrogens is 304 g/mol. The van der Waals surface area contributed by atoms with E-state index in [2.05, 4.69) is 0 Å². The summed E-state index contributed by atoms with van der Waals surface area (Å²) in [5.74, 6) is 0.243. The van der Waals surface area contributed by atoms with E-state index < -0.39 is 21.1 Å². The zero-order chi connectivity index (χ0) is 14.8. The first-order valence-electron chi connectivity index (χ1n) is 6.02. The Hall–Kier alpha value is -0.340. The van der Waals surface area contributed by atoms with Gasteiger partial charge in [0.05, 0.1) is 10.9 Å². The highest BCUT2D eigenvalue weighted by molar-refractivity contribution is 8.00. The summed E-state index contributed by atoms with van der Waals surface area (Å²) in [5, 5.41) is -0.769. The van der Waals surface area contributed by atoms with Gasteiger partial charge in [-0.1, -0.05) is 26.1 Å². The summed E-state index contributed by atoms with van der Waals surface area (Å²) in [7, 11) is -3.30. The van der Waals surface area contributed by atoms with Crippen molar-refractivity contribution in [3.05, 3.63) is 0 Å². The summed E-state index contributed by atoms with van der Waals surface area (Å²) in [5.41, 5.74) is 5.63. The molecule has 0 spiro atoms. The van der Waals surface area contributed by atoms with Crippen molar-refractivity contribution in [1.29, 1.82) is 0 Å². The smallest absolute Gasteiger partial charge is 0.233 e. The van der Waals surface area contributed by atoms with Crippen molar-refractivity contribution >= 4 is 44.7 Å². The fourth-order valence-corrected chi connectivity index (χ4v) is 5.30. The van der Waals surface area contributed by atoms with Crippen molar-refractivity contribution in [2.75, 3.05) is 24.3 Å². The first kappa shape index (κ1) is 16.7. The van der Waals surface area contributed by atoms with Gasteiger partial charge in [-0.15, -0.1) is 0 Å². The highest BCUT2D eigenvalue weighted by Crippen LogP contribution is 2.24. The Morgan fingerprint density at radius 1 is 1.47 bits per heavy atom. The fraction of sp³-hybridized carbons (Fsp3) is 0.818. The number of rotatable bonds is 4. The van der Waals surface area contributed by atoms with E-state index in [1.54, 1.807) is 11.8 Å². The lowest BCUT2D eigenvalue weighted by Gasteiger charge is -2.37. The molecule has 0 saturated carbocycles. The molecule has 8 heteroatoms. The second-order valence-electron chi connectivity index (χ2n) is 5.01. The summed E-state index contributed by atoms with van der Waals surface area (Å²) in [6.07, 6.45) is 1.16. The Morgan fingerprint density at radius 2 is 2.05 bits per heavy atom. The quantitative estimate of drug-likeness (QED) is 0.758. The topological polar surface area (TPSA) is 80.5 Å². The minimum absolute atomic E-state index is 0.0419. The second-order valence-corrected chi connectivity index (χ2v) is 8.84. The molecule has 0 aliphatic carbocycles. The molecule has 0 aromatic heterocycles. The van der Waals surface area contributed by atoms with Crippen molar-refractivity contribution < 1.29 is 13.2 Å². The standard InChI is InChI=1S/C11H20N2O3S3/c1-7(2)9(10(12)17)11(14)13-4-5-18-6-8(13)19(3,15)16/h7-9H,4-6H2,1-3H3,(H2,12,17). The number of nitrogens with two attached hydrogens (primary N) is 1. The van der Waals surface area contributed by atoms with E-state index in [-0.39, 0.29) is 16.8 Å². The summed E-state index contributed by atoms with van der Waals surface area (Å²) >= 11 is 6.49. The van der Waals surface area contributed by atoms with E-state index in [9.17, 15) is 13.2 Å². The molecule has 0 bridgehead atoms. The van der Waals surface area contributed by atoms with E-state index in [4.69, 9.17) is 18.0 Å². The van der Waals surface area contributed by atoms with Gasteiger partial charge in [0.25, 0.3) is 0 Å². The van der Waals surface area contributed by atoms with Gasteiger partial charge < -0.3 is 10.6 Å². The van der Waals surface area contributed by atoms with Crippen LogP contribution in [-0.4, -0.2) is 53.9 Å². The molecule has 1 rings (SSSR count). The highest BCUT2D eigenvalue weighted by Gasteiger charge is 2.38. The summed E-state index contributed by atoms with van der Waals surface area (Å²) in [6.45, 7) is 4.14. The van der Waals surface area contributed by atoms with Crippen LogP contribution in [0, 0.1) is 11.8 Å². The molecule has 110 valence electrons. The first-order chi connectivity index (χ1) is 8.66. The molecule has 2 N–H and O–H groups in total. The third-order valence-electron chi connectivity index (χ3n) is 3.10. The monoisotopic (exact) mass is 324 g/mol. The van der Waals surface area contributed by atoms with Crippen LogP contribution in [0.4, 0.5) is 0 Å². The molecular formula is C11H20N2O3S3. The number of thiocarbonyl (C=S) groups is 1. The van der Waals surface area contributed by atoms with Crippen LogP contribution >= 0.6 is 24.0 Å². The molecule has 2 atom stereocenters. The molecule has 1 aliphatic heterocycles. The van der Waals surface area contributed by atoms with Crippen molar-refractivity contribution in [1.82, 2.24) is 4.90 Å². The molecule has 19 heavy (non-hydrogen) atoms. The van der Waals surface area contributed by atoms with Gasteiger partial charge in [-0.3, -0.25) is 4.79 Å². The Bertz CT molecular complexity index is 462. The predicted molar refractivity (Wildman–Crippen MR) is 82.8 cm³/mol. The maximum absolute atomic E-state index is 12.5. The van der Waals surface area contributed by atoms with Crippen LogP contribution in [0.15, 0.2) is 0 Å². The fourth-order valence-electron chi connectivity index (χ4n) is 2.10. The lowest BCUT2D eigenvalue weighted by molar-refractivity contribution is -0.134. The third-order valence-corrected chi connectivity index (χ3v) is 6.00. The molecule has 0 aromatic carbocycles. The van der Waals surface area contributed by atoms with Crippen molar-refractivity contribution in [2.24, 2.45) is 17.6 Å². The largest absolute Gasteiger partial charge is 0.393 e. The summed E-state index contributed by atoms with van der Waals surface area (Å²) in [6, 6.07) is 0. The lowest BCUT2D eigenvalue weighted by Crippen LogP contribution is -2.54. The van der Waals surface area contributed by atoms with Gasteiger partial charge in [0.15, 0.2) is 9.84 Å². The Kier molecular flexibility index (Phi) is 5.64. The van der Waals surface area contributed by atoms with Gasteiger partial charge in [0, 0.05) is 24.3 Å².